The van der Waals surface area contributed by atoms with Gasteiger partial charge < -0.3 is 31.1 Å². The summed E-state index contributed by atoms with van der Waals surface area (Å²) in [5.74, 6) is 1.21. The number of nitrogen functional groups attached to an aromatic ring is 1. The van der Waals surface area contributed by atoms with Gasteiger partial charge >= 0.3 is 0 Å². The van der Waals surface area contributed by atoms with Crippen LogP contribution in [0.5, 0.6) is 0 Å². The van der Waals surface area contributed by atoms with Gasteiger partial charge in [-0.15, -0.1) is 0 Å². The summed E-state index contributed by atoms with van der Waals surface area (Å²) in [5, 5.41) is 22.0. The number of aliphatic hydroxyl groups is 2. The van der Waals surface area contributed by atoms with Crippen LogP contribution in [0.1, 0.15) is 13.3 Å². The van der Waals surface area contributed by atoms with E-state index < -0.39 is 6.10 Å². The molecule has 1 amide bonds. The van der Waals surface area contributed by atoms with Crippen molar-refractivity contribution in [2.75, 3.05) is 48.8 Å². The van der Waals surface area contributed by atoms with Gasteiger partial charge in [-0.2, -0.15) is 0 Å². The van der Waals surface area contributed by atoms with Crippen LogP contribution in [0.25, 0.3) is 0 Å². The molecule has 1 aliphatic rings. The molecule has 0 saturated carbocycles. The van der Waals surface area contributed by atoms with Crippen LogP contribution in [-0.4, -0.2) is 66.5 Å². The van der Waals surface area contributed by atoms with Crippen LogP contribution in [0.15, 0.2) is 12.1 Å². The standard InChI is InChI=1S/C15H25N5O3/c1-10(22)17-5-6-19(2)15-13(16)3-4-14(18-15)20-8-12(23)7-11(20)9-21/h3-4,11-12,21,23H,5-9,16H2,1-2H3,(H,17,22). The number of amides is 1. The smallest absolute Gasteiger partial charge is 0.216 e. The van der Waals surface area contributed by atoms with Crippen molar-refractivity contribution >= 4 is 23.2 Å². The third kappa shape index (κ3) is 4.23. The summed E-state index contributed by atoms with van der Waals surface area (Å²) in [6, 6.07) is 3.42. The lowest BCUT2D eigenvalue weighted by molar-refractivity contribution is -0.118. The molecule has 1 aliphatic heterocycles. The van der Waals surface area contributed by atoms with E-state index >= 15 is 0 Å². The number of carbonyl (C=O) groups excluding carboxylic acids is 1. The van der Waals surface area contributed by atoms with E-state index in [1.165, 1.54) is 6.92 Å². The highest BCUT2D eigenvalue weighted by atomic mass is 16.3. The maximum atomic E-state index is 10.9. The molecule has 8 heteroatoms. The molecule has 0 aromatic carbocycles. The van der Waals surface area contributed by atoms with E-state index in [0.29, 0.717) is 43.4 Å². The molecule has 0 bridgehead atoms. The average molecular weight is 323 g/mol. The van der Waals surface area contributed by atoms with Gasteiger partial charge in [0.15, 0.2) is 5.82 Å². The van der Waals surface area contributed by atoms with Crippen LogP contribution < -0.4 is 20.9 Å². The summed E-state index contributed by atoms with van der Waals surface area (Å²) in [6.45, 7) is 2.96. The number of carbonyl (C=O) groups is 1. The van der Waals surface area contributed by atoms with E-state index in [0.717, 1.165) is 0 Å². The number of aromatic nitrogens is 1. The van der Waals surface area contributed by atoms with E-state index in [-0.39, 0.29) is 18.6 Å². The minimum Gasteiger partial charge on any atom is -0.396 e. The van der Waals surface area contributed by atoms with Crippen LogP contribution in [0.4, 0.5) is 17.3 Å². The SMILES string of the molecule is CC(=O)NCCN(C)c1nc(N2CC(O)CC2CO)ccc1N. The fraction of sp³-hybridized carbons (Fsp3) is 0.600. The van der Waals surface area contributed by atoms with Crippen LogP contribution in [-0.2, 0) is 4.79 Å². The number of pyridine rings is 1. The van der Waals surface area contributed by atoms with Crippen molar-refractivity contribution in [2.24, 2.45) is 0 Å². The van der Waals surface area contributed by atoms with Crippen LogP contribution in [0.2, 0.25) is 0 Å². The Labute approximate surface area is 135 Å². The van der Waals surface area contributed by atoms with Gasteiger partial charge in [0, 0.05) is 33.6 Å². The Morgan fingerprint density at radius 3 is 2.96 bits per heavy atom. The van der Waals surface area contributed by atoms with Crippen LogP contribution in [0, 0.1) is 0 Å². The predicted octanol–water partition coefficient (Wildman–Crippen LogP) is -0.832. The van der Waals surface area contributed by atoms with Gasteiger partial charge in [-0.25, -0.2) is 4.98 Å². The molecule has 0 radical (unpaired) electrons. The maximum absolute atomic E-state index is 10.9. The van der Waals surface area contributed by atoms with Crippen molar-refractivity contribution in [1.29, 1.82) is 0 Å². The van der Waals surface area contributed by atoms with Crippen LogP contribution in [0.3, 0.4) is 0 Å². The van der Waals surface area contributed by atoms with E-state index in [1.54, 1.807) is 12.1 Å². The first-order valence-electron chi connectivity index (χ1n) is 7.70. The minimum atomic E-state index is -0.465. The Bertz CT molecular complexity index is 554. The molecule has 2 atom stereocenters. The highest BCUT2D eigenvalue weighted by Gasteiger charge is 2.31. The van der Waals surface area contributed by atoms with Gasteiger partial charge in [-0.1, -0.05) is 0 Å². The van der Waals surface area contributed by atoms with Crippen molar-refractivity contribution in [2.45, 2.75) is 25.5 Å². The van der Waals surface area contributed by atoms with Crippen molar-refractivity contribution in [3.05, 3.63) is 12.1 Å². The molecular weight excluding hydrogens is 298 g/mol. The normalized spacial score (nSPS) is 20.6. The zero-order valence-electron chi connectivity index (χ0n) is 13.6. The molecule has 128 valence electrons. The number of likely N-dealkylation sites (N-methyl/N-ethyl adjacent to an activating group) is 1. The van der Waals surface area contributed by atoms with Crippen LogP contribution >= 0.6 is 0 Å². The molecule has 8 nitrogen and oxygen atoms in total. The third-order valence-electron chi connectivity index (χ3n) is 3.97. The highest BCUT2D eigenvalue weighted by Crippen LogP contribution is 2.28. The molecule has 0 aliphatic carbocycles. The second kappa shape index (κ2) is 7.47. The fourth-order valence-corrected chi connectivity index (χ4v) is 2.77. The number of nitrogens with one attached hydrogen (secondary N) is 1. The predicted molar refractivity (Wildman–Crippen MR) is 89.4 cm³/mol. The quantitative estimate of drug-likeness (QED) is 0.540. The van der Waals surface area contributed by atoms with Gasteiger partial charge in [-0.05, 0) is 18.6 Å². The highest BCUT2D eigenvalue weighted by molar-refractivity contribution is 5.73. The Kier molecular flexibility index (Phi) is 5.62. The molecule has 2 unspecified atom stereocenters. The monoisotopic (exact) mass is 323 g/mol. The molecule has 1 aromatic heterocycles. The van der Waals surface area contributed by atoms with E-state index in [2.05, 4.69) is 10.3 Å². The Hall–Kier alpha value is -2.06. The van der Waals surface area contributed by atoms with Gasteiger partial charge in [0.05, 0.1) is 24.4 Å². The number of anilines is 3. The first-order chi connectivity index (χ1) is 10.9. The molecule has 23 heavy (non-hydrogen) atoms. The second-order valence-corrected chi connectivity index (χ2v) is 5.87. The third-order valence-corrected chi connectivity index (χ3v) is 3.97. The topological polar surface area (TPSA) is 115 Å². The zero-order valence-corrected chi connectivity index (χ0v) is 13.6. The first kappa shape index (κ1) is 17.3. The maximum Gasteiger partial charge on any atom is 0.216 e. The van der Waals surface area contributed by atoms with Gasteiger partial charge in [0.25, 0.3) is 0 Å². The molecule has 1 saturated heterocycles. The molecule has 2 rings (SSSR count). The summed E-state index contributed by atoms with van der Waals surface area (Å²) in [7, 11) is 1.85. The lowest BCUT2D eigenvalue weighted by Gasteiger charge is -2.26. The fourth-order valence-electron chi connectivity index (χ4n) is 2.77. The number of β-amino-alcohol motifs (C(OH)–C–C–N with tert-alkyl or cyclic N) is 1. The first-order valence-corrected chi connectivity index (χ1v) is 7.70. The van der Waals surface area contributed by atoms with E-state index in [1.807, 2.05) is 16.8 Å². The summed E-state index contributed by atoms with van der Waals surface area (Å²) < 4.78 is 0. The van der Waals surface area contributed by atoms with Gasteiger partial charge in [-0.3, -0.25) is 4.79 Å². The number of hydrogen-bond acceptors (Lipinski definition) is 7. The Balaban J connectivity index is 2.13. The number of nitrogens with two attached hydrogens (primary N) is 1. The molecule has 2 heterocycles. The zero-order chi connectivity index (χ0) is 17.0. The molecule has 1 fully saturated rings. The molecule has 5 N–H and O–H groups in total. The van der Waals surface area contributed by atoms with Crippen molar-refractivity contribution in [3.8, 4) is 0 Å². The number of nitrogens with zero attached hydrogens (tertiary/aromatic N) is 3. The average Bonchev–Trinajstić information content (AvgIpc) is 2.88. The van der Waals surface area contributed by atoms with E-state index in [9.17, 15) is 15.0 Å². The second-order valence-electron chi connectivity index (χ2n) is 5.87. The van der Waals surface area contributed by atoms with Crippen molar-refractivity contribution in [3.63, 3.8) is 0 Å². The molecule has 1 aromatic rings. The molecular formula is C15H25N5O3. The van der Waals surface area contributed by atoms with Crippen molar-refractivity contribution < 1.29 is 15.0 Å². The number of aliphatic hydroxyl groups excluding tert-OH is 2. The van der Waals surface area contributed by atoms with E-state index in [4.69, 9.17) is 5.73 Å². The summed E-state index contributed by atoms with van der Waals surface area (Å²) in [5.41, 5.74) is 6.55. The minimum absolute atomic E-state index is 0.0309. The largest absolute Gasteiger partial charge is 0.396 e. The number of rotatable bonds is 6. The summed E-state index contributed by atoms with van der Waals surface area (Å²) in [4.78, 5) is 19.3. The lowest BCUT2D eigenvalue weighted by atomic mass is 10.2. The summed E-state index contributed by atoms with van der Waals surface area (Å²) >= 11 is 0. The lowest BCUT2D eigenvalue weighted by Crippen LogP contribution is -2.35. The van der Waals surface area contributed by atoms with Gasteiger partial charge in [0.1, 0.15) is 5.82 Å². The molecule has 0 spiro atoms. The Morgan fingerprint density at radius 2 is 2.30 bits per heavy atom. The number of hydrogen-bond donors (Lipinski definition) is 4. The van der Waals surface area contributed by atoms with Crippen molar-refractivity contribution in [1.82, 2.24) is 10.3 Å². The summed E-state index contributed by atoms with van der Waals surface area (Å²) in [6.07, 6.45) is 0.0587. The Morgan fingerprint density at radius 1 is 1.57 bits per heavy atom. The van der Waals surface area contributed by atoms with Gasteiger partial charge in [0.2, 0.25) is 5.91 Å².